The Hall–Kier alpha value is -1.56. The van der Waals surface area contributed by atoms with Gasteiger partial charge in [0, 0.05) is 19.2 Å². The van der Waals surface area contributed by atoms with Crippen LogP contribution in [0.1, 0.15) is 23.3 Å². The number of likely N-dealkylation sites (tertiary alicyclic amines) is 1. The summed E-state index contributed by atoms with van der Waals surface area (Å²) in [6.07, 6.45) is 2.54. The third kappa shape index (κ3) is 2.73. The number of carbonyl (C=O) groups is 1. The standard InChI is InChI=1S/C10H17N5O/c11-9-7-8(13-14-9)10(16)12-3-6-15-4-1-2-5-15/h7H,1-6H2,(H,12,16)(H3,11,13,14). The molecule has 1 fully saturated rings. The zero-order chi connectivity index (χ0) is 11.4. The smallest absolute Gasteiger partial charge is 0.269 e. The van der Waals surface area contributed by atoms with Crippen molar-refractivity contribution in [2.45, 2.75) is 12.8 Å². The van der Waals surface area contributed by atoms with Crippen molar-refractivity contribution in [3.05, 3.63) is 11.8 Å². The van der Waals surface area contributed by atoms with Crippen molar-refractivity contribution in [1.29, 1.82) is 0 Å². The number of nitrogens with two attached hydrogens (primary N) is 1. The number of rotatable bonds is 4. The topological polar surface area (TPSA) is 87.0 Å². The molecule has 16 heavy (non-hydrogen) atoms. The molecule has 4 N–H and O–H groups in total. The largest absolute Gasteiger partial charge is 0.382 e. The lowest BCUT2D eigenvalue weighted by Crippen LogP contribution is -2.33. The molecular formula is C10H17N5O. The zero-order valence-electron chi connectivity index (χ0n) is 9.20. The summed E-state index contributed by atoms with van der Waals surface area (Å²) < 4.78 is 0. The molecule has 1 amide bonds. The zero-order valence-corrected chi connectivity index (χ0v) is 9.20. The van der Waals surface area contributed by atoms with Crippen LogP contribution >= 0.6 is 0 Å². The van der Waals surface area contributed by atoms with Gasteiger partial charge in [0.05, 0.1) is 0 Å². The number of anilines is 1. The summed E-state index contributed by atoms with van der Waals surface area (Å²) in [5, 5.41) is 9.12. The van der Waals surface area contributed by atoms with Gasteiger partial charge in [-0.2, -0.15) is 5.10 Å². The molecule has 6 heteroatoms. The van der Waals surface area contributed by atoms with E-state index < -0.39 is 0 Å². The van der Waals surface area contributed by atoms with Gasteiger partial charge in [0.2, 0.25) is 0 Å². The van der Waals surface area contributed by atoms with Crippen LogP contribution in [0.5, 0.6) is 0 Å². The number of nitrogens with one attached hydrogen (secondary N) is 2. The van der Waals surface area contributed by atoms with Crippen LogP contribution in [-0.2, 0) is 0 Å². The fraction of sp³-hybridized carbons (Fsp3) is 0.600. The quantitative estimate of drug-likeness (QED) is 0.660. The number of carbonyl (C=O) groups excluding carboxylic acids is 1. The van der Waals surface area contributed by atoms with Gasteiger partial charge < -0.3 is 16.0 Å². The van der Waals surface area contributed by atoms with Gasteiger partial charge in [0.25, 0.3) is 5.91 Å². The molecule has 2 rings (SSSR count). The Balaban J connectivity index is 1.71. The number of H-pyrrole nitrogens is 1. The molecule has 1 saturated heterocycles. The van der Waals surface area contributed by atoms with Gasteiger partial charge in [0.15, 0.2) is 0 Å². The highest BCUT2D eigenvalue weighted by atomic mass is 16.1. The maximum Gasteiger partial charge on any atom is 0.269 e. The first-order chi connectivity index (χ1) is 7.75. The molecule has 0 atom stereocenters. The Kier molecular flexibility index (Phi) is 3.40. The fourth-order valence-electron chi connectivity index (χ4n) is 1.88. The van der Waals surface area contributed by atoms with Gasteiger partial charge in [-0.05, 0) is 25.9 Å². The Labute approximate surface area is 94.2 Å². The molecule has 0 aliphatic carbocycles. The number of hydrogen-bond donors (Lipinski definition) is 3. The van der Waals surface area contributed by atoms with Crippen molar-refractivity contribution >= 4 is 11.7 Å². The van der Waals surface area contributed by atoms with E-state index in [0.717, 1.165) is 19.6 Å². The molecule has 0 radical (unpaired) electrons. The summed E-state index contributed by atoms with van der Waals surface area (Å²) in [7, 11) is 0. The minimum Gasteiger partial charge on any atom is -0.382 e. The van der Waals surface area contributed by atoms with Gasteiger partial charge >= 0.3 is 0 Å². The van der Waals surface area contributed by atoms with E-state index in [9.17, 15) is 4.79 Å². The Bertz CT molecular complexity index is 356. The molecule has 0 spiro atoms. The third-order valence-corrected chi connectivity index (χ3v) is 2.75. The number of amides is 1. The number of hydrogen-bond acceptors (Lipinski definition) is 4. The Morgan fingerprint density at radius 1 is 1.56 bits per heavy atom. The molecule has 1 aliphatic heterocycles. The highest BCUT2D eigenvalue weighted by Crippen LogP contribution is 2.05. The van der Waals surface area contributed by atoms with E-state index in [-0.39, 0.29) is 5.91 Å². The van der Waals surface area contributed by atoms with Crippen LogP contribution in [0, 0.1) is 0 Å². The maximum atomic E-state index is 11.6. The first kappa shape index (κ1) is 10.9. The summed E-state index contributed by atoms with van der Waals surface area (Å²) in [5.74, 6) is 0.188. The van der Waals surface area contributed by atoms with Crippen LogP contribution < -0.4 is 11.1 Å². The lowest BCUT2D eigenvalue weighted by Gasteiger charge is -2.14. The second-order valence-corrected chi connectivity index (χ2v) is 4.01. The van der Waals surface area contributed by atoms with Crippen LogP contribution in [0.25, 0.3) is 0 Å². The van der Waals surface area contributed by atoms with Crippen molar-refractivity contribution in [3.8, 4) is 0 Å². The predicted molar refractivity (Wildman–Crippen MR) is 61.0 cm³/mol. The molecule has 0 bridgehead atoms. The van der Waals surface area contributed by atoms with Crippen molar-refractivity contribution in [2.75, 3.05) is 31.9 Å². The SMILES string of the molecule is Nc1cc(C(=O)NCCN2CCCC2)[nH]n1. The minimum absolute atomic E-state index is 0.150. The fourth-order valence-corrected chi connectivity index (χ4v) is 1.88. The van der Waals surface area contributed by atoms with Gasteiger partial charge in [-0.1, -0.05) is 0 Å². The molecule has 1 aromatic heterocycles. The van der Waals surface area contributed by atoms with Crippen molar-refractivity contribution < 1.29 is 4.79 Å². The normalized spacial score (nSPS) is 16.5. The van der Waals surface area contributed by atoms with Crippen molar-refractivity contribution in [2.24, 2.45) is 0 Å². The van der Waals surface area contributed by atoms with Gasteiger partial charge in [-0.15, -0.1) is 0 Å². The highest BCUT2D eigenvalue weighted by Gasteiger charge is 2.12. The lowest BCUT2D eigenvalue weighted by molar-refractivity contribution is 0.0945. The van der Waals surface area contributed by atoms with Gasteiger partial charge in [-0.25, -0.2) is 0 Å². The van der Waals surface area contributed by atoms with Crippen molar-refractivity contribution in [1.82, 2.24) is 20.4 Å². The minimum atomic E-state index is -0.150. The van der Waals surface area contributed by atoms with Crippen LogP contribution in [0.4, 0.5) is 5.82 Å². The van der Waals surface area contributed by atoms with Crippen LogP contribution in [0.2, 0.25) is 0 Å². The lowest BCUT2D eigenvalue weighted by atomic mass is 10.4. The number of aromatic nitrogens is 2. The van der Waals surface area contributed by atoms with Crippen molar-refractivity contribution in [3.63, 3.8) is 0 Å². The van der Waals surface area contributed by atoms with E-state index in [1.165, 1.54) is 18.9 Å². The summed E-state index contributed by atoms with van der Waals surface area (Å²) in [4.78, 5) is 13.9. The molecule has 1 aliphatic rings. The number of aromatic amines is 1. The highest BCUT2D eigenvalue weighted by molar-refractivity contribution is 5.92. The number of nitrogens with zero attached hydrogens (tertiary/aromatic N) is 2. The summed E-state index contributed by atoms with van der Waals surface area (Å²) >= 11 is 0. The molecule has 1 aromatic rings. The molecule has 0 saturated carbocycles. The first-order valence-corrected chi connectivity index (χ1v) is 5.57. The van der Waals surface area contributed by atoms with Gasteiger partial charge in [-0.3, -0.25) is 9.89 Å². The predicted octanol–water partition coefficient (Wildman–Crippen LogP) is -0.183. The van der Waals surface area contributed by atoms with Crippen LogP contribution in [0.3, 0.4) is 0 Å². The Morgan fingerprint density at radius 2 is 2.31 bits per heavy atom. The molecule has 6 nitrogen and oxygen atoms in total. The van der Waals surface area contributed by atoms with Crippen LogP contribution in [0.15, 0.2) is 6.07 Å². The van der Waals surface area contributed by atoms with Crippen LogP contribution in [-0.4, -0.2) is 47.2 Å². The Morgan fingerprint density at radius 3 is 2.94 bits per heavy atom. The molecular weight excluding hydrogens is 206 g/mol. The van der Waals surface area contributed by atoms with E-state index in [4.69, 9.17) is 5.73 Å². The summed E-state index contributed by atoms with van der Waals surface area (Å²) in [6, 6.07) is 1.53. The second kappa shape index (κ2) is 4.98. The molecule has 0 aromatic carbocycles. The van der Waals surface area contributed by atoms with E-state index in [2.05, 4.69) is 20.4 Å². The second-order valence-electron chi connectivity index (χ2n) is 4.01. The third-order valence-electron chi connectivity index (χ3n) is 2.75. The number of nitrogen functional groups attached to an aromatic ring is 1. The van der Waals surface area contributed by atoms with E-state index in [0.29, 0.717) is 18.1 Å². The van der Waals surface area contributed by atoms with E-state index in [1.807, 2.05) is 0 Å². The maximum absolute atomic E-state index is 11.6. The summed E-state index contributed by atoms with van der Waals surface area (Å²) in [6.45, 7) is 3.87. The average molecular weight is 223 g/mol. The monoisotopic (exact) mass is 223 g/mol. The summed E-state index contributed by atoms with van der Waals surface area (Å²) in [5.41, 5.74) is 5.83. The first-order valence-electron chi connectivity index (χ1n) is 5.57. The molecule has 0 unspecified atom stereocenters. The average Bonchev–Trinajstić information content (AvgIpc) is 2.89. The van der Waals surface area contributed by atoms with Gasteiger partial charge in [0.1, 0.15) is 11.5 Å². The molecule has 2 heterocycles. The molecule has 88 valence electrons. The van der Waals surface area contributed by atoms with E-state index in [1.54, 1.807) is 0 Å². The van der Waals surface area contributed by atoms with E-state index >= 15 is 0 Å².